The van der Waals surface area contributed by atoms with Gasteiger partial charge in [0.2, 0.25) is 88.6 Å². The van der Waals surface area contributed by atoms with E-state index in [1.54, 1.807) is 4.90 Å². The van der Waals surface area contributed by atoms with Gasteiger partial charge in [0, 0.05) is 65.0 Å². The predicted octanol–water partition coefficient (Wildman–Crippen LogP) is -6.32. The fourth-order valence-electron chi connectivity index (χ4n) is 14.5. The maximum Gasteiger partial charge on any atom is 0.328 e. The molecule has 4 heterocycles. The molecule has 0 saturated carbocycles. The van der Waals surface area contributed by atoms with Gasteiger partial charge in [-0.1, -0.05) is 91.0 Å². The van der Waals surface area contributed by atoms with Crippen molar-refractivity contribution < 1.29 is 122 Å². The number of carbonyl (C=O) groups excluding carboxylic acids is 16. The minimum atomic E-state index is -2.24. The van der Waals surface area contributed by atoms with E-state index >= 15 is 9.59 Å². The van der Waals surface area contributed by atoms with Gasteiger partial charge in [0.1, 0.15) is 78.3 Å². The lowest BCUT2D eigenvalue weighted by Crippen LogP contribution is -2.64. The van der Waals surface area contributed by atoms with Crippen molar-refractivity contribution in [3.63, 3.8) is 0 Å². The van der Waals surface area contributed by atoms with Gasteiger partial charge in [0.05, 0.1) is 67.8 Å². The van der Waals surface area contributed by atoms with Crippen LogP contribution < -0.4 is 75.3 Å². The van der Waals surface area contributed by atoms with Crippen LogP contribution in [-0.2, 0) is 87.9 Å². The summed E-state index contributed by atoms with van der Waals surface area (Å²) < 4.78 is 5.97. The standard InChI is InChI=1S/C79H129N17O25/c1-9-10-11-12-13-14-15-16-17-18-19-21-49-37-59(107)88-63(43(5)97)73(114)84-42(4)69(110)87-52(35-47-23-24-54(102)51(34-47)85-58(106)25-26-61(109)94-32-29-82-30-33-94)70(111)90-62(41(2)3)77(118)96-40-48(101)36-53(96)71(112)91-65(45(7)99)75(116)92-66(46(8)100)78(119)95-31-27-55(103)68(95)76(117)93-67(56(104)38-57(81)105)72(113)83-39-60(108)89-64(44(6)98)74(115)86-50(22-20-28-80)79(120)121-49/h23-24,34,41-46,48-50,52-53,55-56,62-68,82,97-104H,9-22,25-33,35-40,80H2,1-8H3,(H2,81,105)(H,83,113)(H,84,114)(H,85,106)(H,86,115)(H,87,110)(H,88,107)(H,89,108)(H,90,111)(H,91,112)(H,92,116)(H,93,117)/t42-,43-,44-,45-,46-,48-,49-,50+,52+,53+,55+,56-,62+,63-,64-,65-,66+,67+,68+/m1/s1. The number of benzene rings is 1. The van der Waals surface area contributed by atoms with Crippen LogP contribution in [0.25, 0.3) is 0 Å². The topological polar surface area (TPSA) is 650 Å². The van der Waals surface area contributed by atoms with E-state index in [0.717, 1.165) is 96.4 Å². The Morgan fingerprint density at radius 2 is 1.11 bits per heavy atom. The number of amides is 15. The van der Waals surface area contributed by atoms with Crippen LogP contribution in [-0.4, -0.2) is 318 Å². The van der Waals surface area contributed by atoms with Crippen LogP contribution >= 0.6 is 0 Å². The highest BCUT2D eigenvalue weighted by Crippen LogP contribution is 2.28. The number of cyclic esters (lactones) is 1. The van der Waals surface area contributed by atoms with Crippen LogP contribution in [0.4, 0.5) is 5.69 Å². The van der Waals surface area contributed by atoms with E-state index in [0.29, 0.717) is 43.9 Å². The van der Waals surface area contributed by atoms with Gasteiger partial charge in [-0.2, -0.15) is 0 Å². The van der Waals surface area contributed by atoms with Gasteiger partial charge in [0.15, 0.2) is 0 Å². The van der Waals surface area contributed by atoms with Crippen molar-refractivity contribution in [2.75, 3.05) is 57.7 Å². The molecular formula is C79H129N17O25. The molecule has 42 nitrogen and oxygen atoms in total. The Balaban J connectivity index is 1.57. The van der Waals surface area contributed by atoms with E-state index in [1.807, 2.05) is 0 Å². The summed E-state index contributed by atoms with van der Waals surface area (Å²) in [5, 5.41) is 118. The van der Waals surface area contributed by atoms with Crippen molar-refractivity contribution in [2.45, 2.75) is 306 Å². The Morgan fingerprint density at radius 1 is 0.570 bits per heavy atom. The molecule has 24 N–H and O–H groups in total. The number of aromatic hydroxyl groups is 1. The van der Waals surface area contributed by atoms with E-state index in [2.05, 4.69) is 70.7 Å². The summed E-state index contributed by atoms with van der Waals surface area (Å²) in [6, 6.07) is -16.7. The van der Waals surface area contributed by atoms with Crippen molar-refractivity contribution in [2.24, 2.45) is 17.4 Å². The van der Waals surface area contributed by atoms with Gasteiger partial charge in [-0.3, -0.25) is 71.9 Å². The van der Waals surface area contributed by atoms with E-state index in [9.17, 15) is 108 Å². The fourth-order valence-corrected chi connectivity index (χ4v) is 14.5. The number of esters is 1. The quantitative estimate of drug-likeness (QED) is 0.0202. The zero-order chi connectivity index (χ0) is 90.1. The number of ether oxygens (including phenoxy) is 1. The number of nitrogens with zero attached hydrogens (tertiary/aromatic N) is 3. The van der Waals surface area contributed by atoms with Crippen LogP contribution in [0.15, 0.2) is 18.2 Å². The summed E-state index contributed by atoms with van der Waals surface area (Å²) in [7, 11) is 0. The second-order valence-electron chi connectivity index (χ2n) is 32.0. The number of hydrogen-bond acceptors (Lipinski definition) is 27. The molecule has 4 aliphatic heterocycles. The van der Waals surface area contributed by atoms with Crippen LogP contribution in [0.1, 0.15) is 189 Å². The highest BCUT2D eigenvalue weighted by molar-refractivity contribution is 6.01. The molecule has 4 saturated heterocycles. The highest BCUT2D eigenvalue weighted by atomic mass is 16.5. The summed E-state index contributed by atoms with van der Waals surface area (Å²) in [6.07, 6.45) is -7.36. The Bertz CT molecular complexity index is 3700. The first-order valence-electron chi connectivity index (χ1n) is 41.8. The molecule has 5 rings (SSSR count). The average molecular weight is 1720 g/mol. The van der Waals surface area contributed by atoms with Crippen molar-refractivity contribution in [3.8, 4) is 5.75 Å². The number of hydrogen-bond donors (Lipinski definition) is 22. The lowest BCUT2D eigenvalue weighted by molar-refractivity contribution is -0.155. The molecular weight excluding hydrogens is 1590 g/mol. The van der Waals surface area contributed by atoms with E-state index in [1.165, 1.54) is 32.9 Å². The molecule has 121 heavy (non-hydrogen) atoms. The van der Waals surface area contributed by atoms with Gasteiger partial charge < -0.3 is 136 Å². The second-order valence-corrected chi connectivity index (χ2v) is 32.0. The van der Waals surface area contributed by atoms with E-state index < -0.39 is 261 Å². The minimum absolute atomic E-state index is 0.0370. The van der Waals surface area contributed by atoms with Gasteiger partial charge in [-0.15, -0.1) is 0 Å². The molecule has 42 heteroatoms. The van der Waals surface area contributed by atoms with Crippen LogP contribution in [0.2, 0.25) is 0 Å². The number of carbonyl (C=O) groups is 16. The highest BCUT2D eigenvalue weighted by Gasteiger charge is 2.49. The first-order chi connectivity index (χ1) is 57.2. The number of aliphatic hydroxyl groups excluding tert-OH is 7. The van der Waals surface area contributed by atoms with Crippen molar-refractivity contribution in [1.29, 1.82) is 0 Å². The SMILES string of the molecule is CCCCCCCCCCCCC[C@@H]1CC(=O)N[C@H]([C@@H](C)O)C(=O)N[C@H](C)C(=O)N[C@@H](Cc2ccc(O)c(NC(=O)CCC(=O)N3CCNCC3)c2)C(=O)N[C@@H](C(C)C)C(=O)N2C[C@H](O)C[C@H]2C(=O)N[C@H]([C@@H](C)O)C(=O)N[C@@H]([C@@H](C)O)C(=O)N2CC[C@H](O)[C@H]2C(=O)N[C@@H]([C@H](O)CC(N)=O)C(=O)NCC(=O)N[C@H]([C@@H](C)O)C(=O)N[C@@H](CCCN)C(=O)O1. The Kier molecular flexibility index (Phi) is 42.5. The summed E-state index contributed by atoms with van der Waals surface area (Å²) >= 11 is 0. The van der Waals surface area contributed by atoms with Crippen LogP contribution in [0.5, 0.6) is 5.75 Å². The number of unbranched alkanes of at least 4 members (excludes halogenated alkanes) is 10. The molecule has 0 aromatic heterocycles. The molecule has 680 valence electrons. The lowest BCUT2D eigenvalue weighted by Gasteiger charge is -2.34. The first kappa shape index (κ1) is 102. The molecule has 0 aliphatic carbocycles. The third-order valence-electron chi connectivity index (χ3n) is 21.4. The number of nitrogens with two attached hydrogens (primary N) is 2. The van der Waals surface area contributed by atoms with Crippen LogP contribution in [0.3, 0.4) is 0 Å². The van der Waals surface area contributed by atoms with Crippen molar-refractivity contribution in [1.82, 2.24) is 73.2 Å². The fraction of sp³-hybridized carbons (Fsp3) is 0.722. The van der Waals surface area contributed by atoms with Gasteiger partial charge >= 0.3 is 5.97 Å². The summed E-state index contributed by atoms with van der Waals surface area (Å²) in [4.78, 5) is 229. The average Bonchev–Trinajstić information content (AvgIpc) is 1.68. The van der Waals surface area contributed by atoms with Crippen molar-refractivity contribution in [3.05, 3.63) is 23.8 Å². The monoisotopic (exact) mass is 1720 g/mol. The zero-order valence-electron chi connectivity index (χ0n) is 70.3. The zero-order valence-corrected chi connectivity index (χ0v) is 70.3. The number of phenolic OH excluding ortho intramolecular Hbond substituents is 1. The number of anilines is 1. The number of primary amides is 1. The number of rotatable bonds is 29. The number of fused-ring (bicyclic) bond motifs is 2. The van der Waals surface area contributed by atoms with Gasteiger partial charge in [-0.25, -0.2) is 4.79 Å². The Labute approximate surface area is 703 Å². The van der Waals surface area contributed by atoms with Gasteiger partial charge in [0.25, 0.3) is 0 Å². The van der Waals surface area contributed by atoms with Crippen LogP contribution in [0, 0.1) is 5.92 Å². The largest absolute Gasteiger partial charge is 0.506 e. The predicted molar refractivity (Wildman–Crippen MR) is 433 cm³/mol. The molecule has 15 amide bonds. The molecule has 1 aromatic carbocycles. The number of aliphatic hydroxyl groups is 7. The number of nitrogens with one attached hydrogen (secondary N) is 12. The molecule has 1 aromatic rings. The summed E-state index contributed by atoms with van der Waals surface area (Å²) in [5.74, 6) is -19.0. The molecule has 0 unspecified atom stereocenters. The minimum Gasteiger partial charge on any atom is -0.506 e. The third-order valence-corrected chi connectivity index (χ3v) is 21.4. The molecule has 0 radical (unpaired) electrons. The third kappa shape index (κ3) is 32.5. The Morgan fingerprint density at radius 3 is 1.69 bits per heavy atom. The Hall–Kier alpha value is -9.82. The van der Waals surface area contributed by atoms with E-state index in [4.69, 9.17) is 16.2 Å². The second kappa shape index (κ2) is 50.6. The lowest BCUT2D eigenvalue weighted by atomic mass is 9.99. The number of piperazine rings is 1. The maximum absolute atomic E-state index is 15.1. The maximum atomic E-state index is 15.1. The normalized spacial score (nSPS) is 27.1. The molecule has 4 fully saturated rings. The first-order valence-corrected chi connectivity index (χ1v) is 41.8. The van der Waals surface area contributed by atoms with E-state index in [-0.39, 0.29) is 62.2 Å². The summed E-state index contributed by atoms with van der Waals surface area (Å²) in [5.41, 5.74) is 11.2. The number of phenols is 1. The molecule has 0 spiro atoms. The smallest absolute Gasteiger partial charge is 0.328 e. The van der Waals surface area contributed by atoms with Crippen molar-refractivity contribution >= 4 is 100 Å². The molecule has 0 bridgehead atoms. The van der Waals surface area contributed by atoms with Gasteiger partial charge in [-0.05, 0) is 96.9 Å². The molecule has 19 atom stereocenters. The molecule has 4 aliphatic rings. The summed E-state index contributed by atoms with van der Waals surface area (Å²) in [6.45, 7) is 10.4.